The van der Waals surface area contributed by atoms with Crippen molar-refractivity contribution in [3.63, 3.8) is 0 Å². The van der Waals surface area contributed by atoms with Crippen LogP contribution < -0.4 is 31.9 Å². The minimum atomic E-state index is 0. The zero-order valence-corrected chi connectivity index (χ0v) is 14.9. The maximum Gasteiger partial charge on any atom is 0.231 e. The molecule has 1 N–H and O–H groups in total. The molecule has 0 saturated heterocycles. The summed E-state index contributed by atoms with van der Waals surface area (Å²) in [5.74, 6) is 1.51. The van der Waals surface area contributed by atoms with E-state index in [1.165, 1.54) is 11.3 Å². The predicted molar refractivity (Wildman–Crippen MR) is 91.3 cm³/mol. The van der Waals surface area contributed by atoms with E-state index in [-0.39, 0.29) is 23.8 Å². The molecule has 0 radical (unpaired) electrons. The normalized spacial score (nSPS) is 12.2. The molecule has 0 unspecified atom stereocenters. The first-order valence-corrected chi connectivity index (χ1v) is 7.96. The van der Waals surface area contributed by atoms with Crippen LogP contribution >= 0.6 is 11.3 Å². The van der Waals surface area contributed by atoms with Crippen molar-refractivity contribution in [1.29, 1.82) is 0 Å². The number of halogens is 1. The van der Waals surface area contributed by atoms with Gasteiger partial charge < -0.3 is 26.5 Å². The maximum atomic E-state index is 5.34. The van der Waals surface area contributed by atoms with Gasteiger partial charge in [0.15, 0.2) is 11.5 Å². The van der Waals surface area contributed by atoms with Gasteiger partial charge in [-0.1, -0.05) is 30.3 Å². The average molecular weight is 403 g/mol. The number of thiazole rings is 1. The van der Waals surface area contributed by atoms with Gasteiger partial charge in [0.05, 0.1) is 11.9 Å². The number of nitrogens with zero attached hydrogens (tertiary/aromatic N) is 2. The highest BCUT2D eigenvalue weighted by Gasteiger charge is 2.12. The Morgan fingerprint density at radius 3 is 2.79 bits per heavy atom. The zero-order chi connectivity index (χ0) is 15.5. The third-order valence-electron chi connectivity index (χ3n) is 3.34. The van der Waals surface area contributed by atoms with E-state index in [0.29, 0.717) is 0 Å². The van der Waals surface area contributed by atoms with E-state index < -0.39 is 0 Å². The van der Waals surface area contributed by atoms with Gasteiger partial charge in [0.1, 0.15) is 0 Å². The lowest BCUT2D eigenvalue weighted by molar-refractivity contribution is -0.00000601. The van der Waals surface area contributed by atoms with Crippen molar-refractivity contribution in [2.75, 3.05) is 12.2 Å². The van der Waals surface area contributed by atoms with Crippen LogP contribution in [0.2, 0.25) is 0 Å². The molecule has 1 aromatic heterocycles. The summed E-state index contributed by atoms with van der Waals surface area (Å²) in [6, 6.07) is 15.8. The second-order valence-electron chi connectivity index (χ2n) is 4.89. The second kappa shape index (κ2) is 7.46. The van der Waals surface area contributed by atoms with E-state index in [2.05, 4.69) is 15.5 Å². The van der Waals surface area contributed by atoms with Crippen LogP contribution in [-0.4, -0.2) is 18.0 Å². The monoisotopic (exact) mass is 402 g/mol. The van der Waals surface area contributed by atoms with Crippen LogP contribution in [0.25, 0.3) is 11.3 Å². The molecule has 2 heterocycles. The summed E-state index contributed by atoms with van der Waals surface area (Å²) in [7, 11) is 0. The lowest BCUT2D eigenvalue weighted by atomic mass is 10.2. The molecule has 122 valence electrons. The molecule has 3 aromatic rings. The summed E-state index contributed by atoms with van der Waals surface area (Å²) in [5.41, 5.74) is 5.92. The van der Waals surface area contributed by atoms with E-state index >= 15 is 0 Å². The minimum absolute atomic E-state index is 0. The molecule has 1 aliphatic rings. The Kier molecular flexibility index (Phi) is 5.12. The van der Waals surface area contributed by atoms with Crippen molar-refractivity contribution in [2.24, 2.45) is 5.10 Å². The Morgan fingerprint density at radius 1 is 1.08 bits per heavy atom. The lowest BCUT2D eigenvalue weighted by Crippen LogP contribution is -3.00. The molecule has 0 fully saturated rings. The fourth-order valence-corrected chi connectivity index (χ4v) is 2.89. The molecular formula is C17H13BrN3O2S-. The predicted octanol–water partition coefficient (Wildman–Crippen LogP) is 0.989. The van der Waals surface area contributed by atoms with E-state index in [1.54, 1.807) is 6.21 Å². The number of nitrogens with one attached hydrogen (secondary N) is 1. The summed E-state index contributed by atoms with van der Waals surface area (Å²) >= 11 is 1.52. The van der Waals surface area contributed by atoms with Gasteiger partial charge in [0.25, 0.3) is 0 Å². The van der Waals surface area contributed by atoms with Crippen LogP contribution in [0.4, 0.5) is 5.13 Å². The summed E-state index contributed by atoms with van der Waals surface area (Å²) in [5, 5.41) is 6.98. The number of hydrogen-bond donors (Lipinski definition) is 1. The Hall–Kier alpha value is -2.38. The van der Waals surface area contributed by atoms with Crippen molar-refractivity contribution in [2.45, 2.75) is 0 Å². The molecule has 0 aliphatic carbocycles. The summed E-state index contributed by atoms with van der Waals surface area (Å²) in [6.45, 7) is 0.273. The summed E-state index contributed by atoms with van der Waals surface area (Å²) in [6.07, 6.45) is 1.73. The van der Waals surface area contributed by atoms with Crippen LogP contribution in [0.3, 0.4) is 0 Å². The molecule has 0 amide bonds. The largest absolute Gasteiger partial charge is 1.00 e. The highest BCUT2D eigenvalue weighted by Crippen LogP contribution is 2.32. The van der Waals surface area contributed by atoms with Gasteiger partial charge in [-0.2, -0.15) is 5.10 Å². The molecular weight excluding hydrogens is 390 g/mol. The van der Waals surface area contributed by atoms with E-state index in [1.807, 2.05) is 53.9 Å². The molecule has 0 spiro atoms. The first-order valence-electron chi connectivity index (χ1n) is 7.08. The Morgan fingerprint density at radius 2 is 1.92 bits per heavy atom. The zero-order valence-electron chi connectivity index (χ0n) is 12.5. The molecule has 1 aliphatic heterocycles. The second-order valence-corrected chi connectivity index (χ2v) is 5.74. The molecule has 5 nitrogen and oxygen atoms in total. The van der Waals surface area contributed by atoms with Gasteiger partial charge in [-0.3, -0.25) is 5.43 Å². The quantitative estimate of drug-likeness (QED) is 0.522. The van der Waals surface area contributed by atoms with Crippen molar-refractivity contribution >= 4 is 22.7 Å². The summed E-state index contributed by atoms with van der Waals surface area (Å²) < 4.78 is 10.6. The molecule has 24 heavy (non-hydrogen) atoms. The molecule has 4 rings (SSSR count). The van der Waals surface area contributed by atoms with Crippen molar-refractivity contribution in [3.8, 4) is 22.8 Å². The fraction of sp³-hybridized carbons (Fsp3) is 0.0588. The Bertz CT molecular complexity index is 852. The average Bonchev–Trinajstić information content (AvgIpc) is 3.24. The number of rotatable bonds is 4. The SMILES string of the molecule is C(=N\Nc1nc(-c2ccccc2)cs1)/c1ccc2c(c1)OCO2.[Br-]. The molecule has 0 atom stereocenters. The Labute approximate surface area is 153 Å². The number of fused-ring (bicyclic) bond motifs is 1. The minimum Gasteiger partial charge on any atom is -1.00 e. The molecule has 0 saturated carbocycles. The van der Waals surface area contributed by atoms with Gasteiger partial charge in [0.2, 0.25) is 11.9 Å². The van der Waals surface area contributed by atoms with Crippen molar-refractivity contribution in [3.05, 3.63) is 59.5 Å². The van der Waals surface area contributed by atoms with Crippen LogP contribution in [0.1, 0.15) is 5.56 Å². The standard InChI is InChI=1S/C17H13N3O2S.BrH/c1-2-4-13(5-3-1)14-10-23-17(19-14)20-18-9-12-6-7-15-16(8-12)22-11-21-15;/h1-10H,11H2,(H,19,20);1H/p-1/b18-9+;. The van der Waals surface area contributed by atoms with Gasteiger partial charge in [-0.05, 0) is 23.8 Å². The van der Waals surface area contributed by atoms with Gasteiger partial charge >= 0.3 is 0 Å². The van der Waals surface area contributed by atoms with E-state index in [9.17, 15) is 0 Å². The fourth-order valence-electron chi connectivity index (χ4n) is 2.22. The van der Waals surface area contributed by atoms with Gasteiger partial charge in [0, 0.05) is 10.9 Å². The first-order chi connectivity index (χ1) is 11.4. The van der Waals surface area contributed by atoms with Crippen LogP contribution in [-0.2, 0) is 0 Å². The van der Waals surface area contributed by atoms with Crippen LogP contribution in [0.15, 0.2) is 59.0 Å². The topological polar surface area (TPSA) is 55.7 Å². The maximum absolute atomic E-state index is 5.34. The number of benzene rings is 2. The van der Waals surface area contributed by atoms with Crippen LogP contribution in [0.5, 0.6) is 11.5 Å². The number of hydrogen-bond acceptors (Lipinski definition) is 6. The first kappa shape index (κ1) is 16.5. The number of hydrazone groups is 1. The van der Waals surface area contributed by atoms with Crippen molar-refractivity contribution < 1.29 is 26.5 Å². The summed E-state index contributed by atoms with van der Waals surface area (Å²) in [4.78, 5) is 4.52. The molecule has 7 heteroatoms. The van der Waals surface area contributed by atoms with Crippen molar-refractivity contribution in [1.82, 2.24) is 4.98 Å². The highest BCUT2D eigenvalue weighted by molar-refractivity contribution is 7.14. The third kappa shape index (κ3) is 3.58. The van der Waals surface area contributed by atoms with E-state index in [0.717, 1.165) is 33.5 Å². The van der Waals surface area contributed by atoms with Gasteiger partial charge in [-0.15, -0.1) is 11.3 Å². The lowest BCUT2D eigenvalue weighted by Gasteiger charge is -1.98. The smallest absolute Gasteiger partial charge is 0.231 e. The number of ether oxygens (including phenoxy) is 2. The number of anilines is 1. The third-order valence-corrected chi connectivity index (χ3v) is 4.09. The Balaban J connectivity index is 0.00000169. The van der Waals surface area contributed by atoms with Gasteiger partial charge in [-0.25, -0.2) is 4.98 Å². The molecule has 2 aromatic carbocycles. The number of aromatic nitrogens is 1. The molecule has 0 bridgehead atoms. The van der Waals surface area contributed by atoms with E-state index in [4.69, 9.17) is 9.47 Å². The van der Waals surface area contributed by atoms with Crippen LogP contribution in [0, 0.1) is 0 Å². The highest BCUT2D eigenvalue weighted by atomic mass is 79.9.